The molecular weight excluding hydrogens is 314 g/mol. The highest BCUT2D eigenvalue weighted by atomic mass is 35.5. The fourth-order valence-corrected chi connectivity index (χ4v) is 3.45. The van der Waals surface area contributed by atoms with E-state index in [1.807, 2.05) is 28.9 Å². The Balaban J connectivity index is 1.73. The molecule has 1 aliphatic heterocycles. The third-order valence-electron chi connectivity index (χ3n) is 4.42. The van der Waals surface area contributed by atoms with Crippen molar-refractivity contribution in [2.75, 3.05) is 6.54 Å². The van der Waals surface area contributed by atoms with Crippen molar-refractivity contribution in [2.24, 2.45) is 7.05 Å². The normalized spacial score (nSPS) is 14.8. The third-order valence-corrected chi connectivity index (χ3v) is 4.73. The van der Waals surface area contributed by atoms with Gasteiger partial charge in [0.05, 0.1) is 28.5 Å². The summed E-state index contributed by atoms with van der Waals surface area (Å²) in [6.07, 6.45) is 5.38. The molecule has 1 N–H and O–H groups in total. The standard InChI is InChI=1S/C16H16ClN5O/c1-21-13-3-2-6-22(9-11(13)8-19-21)16(23)14-12(17)5-4-10-7-18-20-15(10)14/h4-5,7-8H,2-3,6,9H2,1H3,(H,18,20). The van der Waals surface area contributed by atoms with E-state index in [2.05, 4.69) is 15.3 Å². The zero-order chi connectivity index (χ0) is 16.0. The number of amides is 1. The average Bonchev–Trinajstić information content (AvgIpc) is 3.07. The summed E-state index contributed by atoms with van der Waals surface area (Å²) >= 11 is 6.31. The number of rotatable bonds is 1. The van der Waals surface area contributed by atoms with Gasteiger partial charge in [-0.15, -0.1) is 0 Å². The Morgan fingerprint density at radius 2 is 2.22 bits per heavy atom. The maximum Gasteiger partial charge on any atom is 0.257 e. The van der Waals surface area contributed by atoms with Crippen molar-refractivity contribution in [2.45, 2.75) is 19.4 Å². The number of carbonyl (C=O) groups excluding carboxylic acids is 1. The molecule has 0 fully saturated rings. The van der Waals surface area contributed by atoms with Gasteiger partial charge in [-0.1, -0.05) is 11.6 Å². The van der Waals surface area contributed by atoms with Crippen molar-refractivity contribution in [1.82, 2.24) is 24.9 Å². The Morgan fingerprint density at radius 1 is 1.35 bits per heavy atom. The van der Waals surface area contributed by atoms with Crippen molar-refractivity contribution < 1.29 is 4.79 Å². The van der Waals surface area contributed by atoms with Crippen molar-refractivity contribution in [1.29, 1.82) is 0 Å². The van der Waals surface area contributed by atoms with Crippen LogP contribution < -0.4 is 0 Å². The lowest BCUT2D eigenvalue weighted by atomic mass is 10.1. The summed E-state index contributed by atoms with van der Waals surface area (Å²) in [7, 11) is 1.94. The van der Waals surface area contributed by atoms with Gasteiger partial charge in [0, 0.05) is 36.8 Å². The fourth-order valence-electron chi connectivity index (χ4n) is 3.21. The lowest BCUT2D eigenvalue weighted by Gasteiger charge is -2.21. The van der Waals surface area contributed by atoms with Gasteiger partial charge in [0.1, 0.15) is 0 Å². The molecule has 0 atom stereocenters. The average molecular weight is 330 g/mol. The van der Waals surface area contributed by atoms with Crippen LogP contribution in [0.5, 0.6) is 0 Å². The Kier molecular flexibility index (Phi) is 3.34. The molecule has 0 aliphatic carbocycles. The van der Waals surface area contributed by atoms with Crippen LogP contribution in [0, 0.1) is 0 Å². The van der Waals surface area contributed by atoms with Gasteiger partial charge in [-0.05, 0) is 25.0 Å². The molecule has 1 amide bonds. The predicted molar refractivity (Wildman–Crippen MR) is 87.4 cm³/mol. The minimum Gasteiger partial charge on any atom is -0.334 e. The number of hydrogen-bond donors (Lipinski definition) is 1. The lowest BCUT2D eigenvalue weighted by Crippen LogP contribution is -2.31. The number of aryl methyl sites for hydroxylation is 1. The number of aromatic nitrogens is 4. The molecule has 118 valence electrons. The molecule has 4 rings (SSSR count). The summed E-state index contributed by atoms with van der Waals surface area (Å²) < 4.78 is 1.89. The third kappa shape index (κ3) is 2.30. The van der Waals surface area contributed by atoms with Gasteiger partial charge < -0.3 is 4.90 Å². The zero-order valence-corrected chi connectivity index (χ0v) is 13.5. The Hall–Kier alpha value is -2.34. The molecule has 0 bridgehead atoms. The van der Waals surface area contributed by atoms with Gasteiger partial charge in [-0.3, -0.25) is 14.6 Å². The van der Waals surface area contributed by atoms with E-state index >= 15 is 0 Å². The summed E-state index contributed by atoms with van der Waals surface area (Å²) in [6, 6.07) is 3.61. The van der Waals surface area contributed by atoms with Crippen LogP contribution in [-0.4, -0.2) is 37.3 Å². The van der Waals surface area contributed by atoms with Crippen LogP contribution in [0.25, 0.3) is 10.9 Å². The van der Waals surface area contributed by atoms with Crippen LogP contribution >= 0.6 is 11.6 Å². The number of aromatic amines is 1. The molecule has 0 saturated heterocycles. The Labute approximate surface area is 138 Å². The van der Waals surface area contributed by atoms with Crippen molar-refractivity contribution >= 4 is 28.4 Å². The molecule has 2 aromatic heterocycles. The molecule has 7 heteroatoms. The molecule has 0 saturated carbocycles. The number of benzene rings is 1. The van der Waals surface area contributed by atoms with Crippen LogP contribution in [0.4, 0.5) is 0 Å². The molecular formula is C16H16ClN5O. The van der Waals surface area contributed by atoms with Gasteiger partial charge in [-0.25, -0.2) is 0 Å². The van der Waals surface area contributed by atoms with Crippen molar-refractivity contribution in [3.63, 3.8) is 0 Å². The maximum absolute atomic E-state index is 13.1. The van der Waals surface area contributed by atoms with Crippen LogP contribution in [0.15, 0.2) is 24.5 Å². The molecule has 0 unspecified atom stereocenters. The first-order valence-corrected chi connectivity index (χ1v) is 7.93. The number of nitrogens with one attached hydrogen (secondary N) is 1. The minimum absolute atomic E-state index is 0.0680. The van der Waals surface area contributed by atoms with E-state index in [4.69, 9.17) is 11.6 Å². The van der Waals surface area contributed by atoms with E-state index in [0.717, 1.165) is 23.8 Å². The number of nitrogens with zero attached hydrogens (tertiary/aromatic N) is 4. The molecule has 1 aromatic carbocycles. The Bertz CT molecular complexity index is 897. The number of fused-ring (bicyclic) bond motifs is 2. The van der Waals surface area contributed by atoms with E-state index < -0.39 is 0 Å². The largest absolute Gasteiger partial charge is 0.334 e. The number of hydrogen-bond acceptors (Lipinski definition) is 3. The Morgan fingerprint density at radius 3 is 3.09 bits per heavy atom. The van der Waals surface area contributed by atoms with Gasteiger partial charge in [0.25, 0.3) is 5.91 Å². The quantitative estimate of drug-likeness (QED) is 0.746. The van der Waals surface area contributed by atoms with Crippen molar-refractivity contribution in [3.8, 4) is 0 Å². The molecule has 3 heterocycles. The van der Waals surface area contributed by atoms with Gasteiger partial charge in [-0.2, -0.15) is 10.2 Å². The summed E-state index contributed by atoms with van der Waals surface area (Å²) in [5.74, 6) is -0.0680. The van der Waals surface area contributed by atoms with E-state index in [0.29, 0.717) is 29.2 Å². The van der Waals surface area contributed by atoms with Crippen LogP contribution in [0.2, 0.25) is 5.02 Å². The second-order valence-corrected chi connectivity index (χ2v) is 6.23. The second kappa shape index (κ2) is 5.38. The first-order chi connectivity index (χ1) is 11.1. The zero-order valence-electron chi connectivity index (χ0n) is 12.7. The number of halogens is 1. The van der Waals surface area contributed by atoms with Crippen LogP contribution in [0.3, 0.4) is 0 Å². The molecule has 3 aromatic rings. The fraction of sp³-hybridized carbons (Fsp3) is 0.312. The molecule has 1 aliphatic rings. The minimum atomic E-state index is -0.0680. The van der Waals surface area contributed by atoms with Gasteiger partial charge in [0.15, 0.2) is 0 Å². The smallest absolute Gasteiger partial charge is 0.257 e. The van der Waals surface area contributed by atoms with E-state index in [1.165, 1.54) is 5.69 Å². The number of carbonyl (C=O) groups is 1. The van der Waals surface area contributed by atoms with E-state index in [1.54, 1.807) is 12.3 Å². The SMILES string of the molecule is Cn1ncc2c1CCCN(C(=O)c1c(Cl)ccc3cn[nH]c13)C2. The summed E-state index contributed by atoms with van der Waals surface area (Å²) in [5.41, 5.74) is 3.49. The van der Waals surface area contributed by atoms with Crippen molar-refractivity contribution in [3.05, 3.63) is 46.4 Å². The predicted octanol–water partition coefficient (Wildman–Crippen LogP) is 2.54. The van der Waals surface area contributed by atoms with Crippen LogP contribution in [-0.2, 0) is 20.0 Å². The first kappa shape index (κ1) is 14.3. The highest BCUT2D eigenvalue weighted by Crippen LogP contribution is 2.27. The molecule has 0 radical (unpaired) electrons. The van der Waals surface area contributed by atoms with Crippen LogP contribution in [0.1, 0.15) is 28.0 Å². The summed E-state index contributed by atoms with van der Waals surface area (Å²) in [6.45, 7) is 1.26. The number of H-pyrrole nitrogens is 1. The highest BCUT2D eigenvalue weighted by molar-refractivity contribution is 6.35. The summed E-state index contributed by atoms with van der Waals surface area (Å²) in [4.78, 5) is 14.9. The summed E-state index contributed by atoms with van der Waals surface area (Å²) in [5, 5.41) is 12.5. The van der Waals surface area contributed by atoms with Gasteiger partial charge in [0.2, 0.25) is 0 Å². The highest BCUT2D eigenvalue weighted by Gasteiger charge is 2.25. The van der Waals surface area contributed by atoms with Gasteiger partial charge >= 0.3 is 0 Å². The maximum atomic E-state index is 13.1. The lowest BCUT2D eigenvalue weighted by molar-refractivity contribution is 0.0748. The topological polar surface area (TPSA) is 66.8 Å². The second-order valence-electron chi connectivity index (χ2n) is 5.83. The van der Waals surface area contributed by atoms with E-state index in [-0.39, 0.29) is 5.91 Å². The first-order valence-electron chi connectivity index (χ1n) is 7.56. The van der Waals surface area contributed by atoms with E-state index in [9.17, 15) is 4.79 Å². The monoisotopic (exact) mass is 329 g/mol. The molecule has 6 nitrogen and oxygen atoms in total. The molecule has 23 heavy (non-hydrogen) atoms. The molecule has 0 spiro atoms.